The maximum Gasteiger partial charge on any atom is 0.329 e. The first-order valence-corrected chi connectivity index (χ1v) is 23.8. The fraction of sp³-hybridized carbons (Fsp3) is 0.755. The summed E-state index contributed by atoms with van der Waals surface area (Å²) in [5.41, 5.74) is 17.3. The highest BCUT2D eigenvalue weighted by Gasteiger charge is 2.53. The van der Waals surface area contributed by atoms with Crippen LogP contribution in [-0.4, -0.2) is 125 Å². The molecule has 0 aromatic carbocycles. The topological polar surface area (TPSA) is 244 Å². The van der Waals surface area contributed by atoms with E-state index in [-0.39, 0.29) is 42.9 Å². The molecule has 15 atom stereocenters. The van der Waals surface area contributed by atoms with E-state index in [0.29, 0.717) is 76.2 Å². The summed E-state index contributed by atoms with van der Waals surface area (Å²) in [4.78, 5) is 60.3. The van der Waals surface area contributed by atoms with E-state index in [1.807, 2.05) is 51.2 Å². The van der Waals surface area contributed by atoms with Gasteiger partial charge in [0.2, 0.25) is 5.79 Å². The average Bonchev–Trinajstić information content (AvgIpc) is 3.29. The Bertz CT molecular complexity index is 1800. The van der Waals surface area contributed by atoms with Crippen LogP contribution in [0.2, 0.25) is 0 Å². The molecule has 1 amide bonds. The summed E-state index contributed by atoms with van der Waals surface area (Å²) in [5.74, 6) is -7.05. The largest absolute Gasteiger partial charge is 0.459 e. The highest BCUT2D eigenvalue weighted by Crippen LogP contribution is 2.37. The van der Waals surface area contributed by atoms with Gasteiger partial charge in [0.1, 0.15) is 24.4 Å². The molecule has 5 N–H and O–H groups in total. The van der Waals surface area contributed by atoms with Gasteiger partial charge in [-0.05, 0) is 125 Å². The SMILES string of the molecule is CO[C@H]1C[C@@H]2CC[C@@H](C)[C@@](O)(O2)C(=O)C(=O)N2CCCC[C@H]2C(=O)O[C@H]([C@H](N)C[C@@H]2CCC(N=[N+]=[N-])[C@H](OC)C2)CC[C@H](C)/C=C(\C)[C@@H](O)[C@@H](O)C(=O)[C@H](C)C[C@H](C)/C=C/C=C/C=C/1C. The van der Waals surface area contributed by atoms with Crippen molar-refractivity contribution in [2.75, 3.05) is 20.8 Å². The Hall–Kier alpha value is -3.73. The molecule has 0 aromatic heterocycles. The number of ether oxygens (including phenoxy) is 4. The van der Waals surface area contributed by atoms with Crippen molar-refractivity contribution in [3.8, 4) is 0 Å². The van der Waals surface area contributed by atoms with Crippen LogP contribution in [0.5, 0.6) is 0 Å². The Kier molecular flexibility index (Phi) is 21.1. The summed E-state index contributed by atoms with van der Waals surface area (Å²) >= 11 is 0. The molecular weight excluding hydrogens is 835 g/mol. The van der Waals surface area contributed by atoms with E-state index in [1.54, 1.807) is 41.1 Å². The minimum Gasteiger partial charge on any atom is -0.459 e. The normalized spacial score (nSPS) is 40.2. The Morgan fingerprint density at radius 3 is 2.32 bits per heavy atom. The molecule has 0 spiro atoms. The summed E-state index contributed by atoms with van der Waals surface area (Å²) in [6.07, 6.45) is 12.4. The number of fused-ring (bicyclic) bond motifs is 3. The van der Waals surface area contributed by atoms with Crippen LogP contribution < -0.4 is 5.73 Å². The first-order chi connectivity index (χ1) is 30.8. The molecule has 364 valence electrons. The van der Waals surface area contributed by atoms with Crippen molar-refractivity contribution < 1.29 is 53.4 Å². The van der Waals surface area contributed by atoms with Gasteiger partial charge in [0.05, 0.1) is 24.4 Å². The number of aliphatic hydroxyl groups is 3. The van der Waals surface area contributed by atoms with Gasteiger partial charge in [-0.25, -0.2) is 4.79 Å². The smallest absolute Gasteiger partial charge is 0.329 e. The van der Waals surface area contributed by atoms with Crippen LogP contribution in [0.25, 0.3) is 10.4 Å². The minimum absolute atomic E-state index is 0.00467. The van der Waals surface area contributed by atoms with E-state index in [0.717, 1.165) is 12.0 Å². The highest BCUT2D eigenvalue weighted by molar-refractivity contribution is 6.39. The molecule has 2 bridgehead atoms. The number of aliphatic hydroxyl groups excluding tert-OH is 2. The van der Waals surface area contributed by atoms with Crippen LogP contribution in [-0.2, 0) is 38.1 Å². The molecule has 0 radical (unpaired) electrons. The van der Waals surface area contributed by atoms with Crippen LogP contribution >= 0.6 is 0 Å². The molecule has 4 aliphatic rings. The number of allylic oxidation sites excluding steroid dienone is 6. The number of piperidine rings is 1. The van der Waals surface area contributed by atoms with E-state index >= 15 is 0 Å². The molecule has 16 nitrogen and oxygen atoms in total. The van der Waals surface area contributed by atoms with Crippen LogP contribution in [0, 0.1) is 29.6 Å². The molecule has 2 saturated heterocycles. The number of carbonyl (C=O) groups excluding carboxylic acids is 4. The standard InChI is InChI=1S/C49H77N5O11/c1-29-14-10-9-11-15-31(3)41(62-7)28-36-20-18-34(6)49(61,65-36)46(58)47(59)54-23-13-12-16-39(54)48(60)64-40(37(50)26-35-19-21-38(52-53-51)42(27-35)63-8)22-17-30(2)25-33(5)44(56)45(57)43(55)32(4)24-29/h9-11,14-15,25,29-30,32,34-42,44-45,56-57,61H,12-13,16-24,26-28,50H2,1-8H3/b11-9+,14-10+,31-15+,33-25+/t29-,30+,32-,34-,35+,36+,37-,38?,39+,40+,41+,42-,44-,45+,49-/m1/s1. The lowest BCUT2D eigenvalue weighted by atomic mass is 9.79. The van der Waals surface area contributed by atoms with Crippen LogP contribution in [0.4, 0.5) is 0 Å². The summed E-state index contributed by atoms with van der Waals surface area (Å²) in [7, 11) is 3.15. The number of carbonyl (C=O) groups is 4. The van der Waals surface area contributed by atoms with Gasteiger partial charge in [-0.1, -0.05) is 69.3 Å². The summed E-state index contributed by atoms with van der Waals surface area (Å²) in [6, 6.07) is -2.05. The predicted octanol–water partition coefficient (Wildman–Crippen LogP) is 6.36. The van der Waals surface area contributed by atoms with Crippen molar-refractivity contribution >= 4 is 23.4 Å². The summed E-state index contributed by atoms with van der Waals surface area (Å²) in [6.45, 7) is 11.0. The van der Waals surface area contributed by atoms with Gasteiger partial charge in [0, 0.05) is 50.0 Å². The number of methoxy groups -OCH3 is 2. The molecule has 1 saturated carbocycles. The van der Waals surface area contributed by atoms with Crippen LogP contribution in [0.1, 0.15) is 125 Å². The second-order valence-corrected chi connectivity index (χ2v) is 19.4. The Morgan fingerprint density at radius 1 is 0.892 bits per heavy atom. The highest BCUT2D eigenvalue weighted by atomic mass is 16.6. The van der Waals surface area contributed by atoms with Crippen molar-refractivity contribution in [2.24, 2.45) is 40.4 Å². The van der Waals surface area contributed by atoms with E-state index in [4.69, 9.17) is 30.2 Å². The predicted molar refractivity (Wildman–Crippen MR) is 246 cm³/mol. The Labute approximate surface area is 385 Å². The third kappa shape index (κ3) is 14.6. The summed E-state index contributed by atoms with van der Waals surface area (Å²) < 4.78 is 23.9. The monoisotopic (exact) mass is 912 g/mol. The summed E-state index contributed by atoms with van der Waals surface area (Å²) in [5, 5.41) is 38.0. The van der Waals surface area contributed by atoms with Gasteiger partial charge < -0.3 is 44.9 Å². The quantitative estimate of drug-likeness (QED) is 0.0569. The van der Waals surface area contributed by atoms with Crippen LogP contribution in [0.3, 0.4) is 0 Å². The first kappa shape index (κ1) is 53.9. The van der Waals surface area contributed by atoms with Crippen molar-refractivity contribution in [3.63, 3.8) is 0 Å². The number of nitrogens with zero attached hydrogens (tertiary/aromatic N) is 4. The number of cyclic esters (lactones) is 1. The van der Waals surface area contributed by atoms with Gasteiger partial charge in [0.15, 0.2) is 5.78 Å². The van der Waals surface area contributed by atoms with Crippen molar-refractivity contribution in [1.82, 2.24) is 4.90 Å². The number of esters is 1. The number of azide groups is 1. The molecule has 1 aliphatic carbocycles. The second kappa shape index (κ2) is 25.4. The fourth-order valence-electron chi connectivity index (χ4n) is 10.0. The lowest BCUT2D eigenvalue weighted by Crippen LogP contribution is -2.61. The third-order valence-electron chi connectivity index (χ3n) is 14.2. The lowest BCUT2D eigenvalue weighted by Gasteiger charge is -2.42. The number of ketones is 2. The molecular formula is C49H77N5O11. The minimum atomic E-state index is -2.42. The molecule has 0 aromatic rings. The molecule has 65 heavy (non-hydrogen) atoms. The number of rotatable bonds is 6. The number of amides is 1. The molecule has 4 rings (SSSR count). The van der Waals surface area contributed by atoms with Crippen LogP contribution in [0.15, 0.2) is 52.7 Å². The zero-order valence-electron chi connectivity index (χ0n) is 39.9. The molecule has 3 heterocycles. The van der Waals surface area contributed by atoms with Gasteiger partial charge in [-0.15, -0.1) is 0 Å². The fourth-order valence-corrected chi connectivity index (χ4v) is 10.0. The molecule has 16 heteroatoms. The molecule has 3 aliphatic heterocycles. The van der Waals surface area contributed by atoms with Gasteiger partial charge in [-0.2, -0.15) is 0 Å². The zero-order valence-corrected chi connectivity index (χ0v) is 39.9. The number of nitrogens with two attached hydrogens (primary N) is 1. The van der Waals surface area contributed by atoms with E-state index in [2.05, 4.69) is 10.0 Å². The van der Waals surface area contributed by atoms with E-state index < -0.39 is 83.7 Å². The molecule has 1 unspecified atom stereocenters. The van der Waals surface area contributed by atoms with E-state index in [9.17, 15) is 34.5 Å². The first-order valence-electron chi connectivity index (χ1n) is 23.8. The Morgan fingerprint density at radius 2 is 1.63 bits per heavy atom. The maximum absolute atomic E-state index is 14.3. The van der Waals surface area contributed by atoms with Crippen molar-refractivity contribution in [3.05, 3.63) is 58.0 Å². The van der Waals surface area contributed by atoms with Gasteiger partial charge in [0.25, 0.3) is 11.7 Å². The Balaban J connectivity index is 1.66. The van der Waals surface area contributed by atoms with Gasteiger partial charge >= 0.3 is 5.97 Å². The lowest BCUT2D eigenvalue weighted by molar-refractivity contribution is -0.265. The van der Waals surface area contributed by atoms with Crippen molar-refractivity contribution in [1.29, 1.82) is 0 Å². The van der Waals surface area contributed by atoms with Gasteiger partial charge in [-0.3, -0.25) is 14.4 Å². The van der Waals surface area contributed by atoms with E-state index in [1.165, 1.54) is 4.90 Å². The number of hydrogen-bond acceptors (Lipinski definition) is 13. The maximum atomic E-state index is 14.3. The zero-order chi connectivity index (χ0) is 48.0. The number of Topliss-reactive ketones (excluding diaryl/α,β-unsaturated/α-hetero) is 2. The third-order valence-corrected chi connectivity index (χ3v) is 14.2. The second-order valence-electron chi connectivity index (χ2n) is 19.4. The average molecular weight is 912 g/mol. The molecule has 3 fully saturated rings. The number of hydrogen-bond donors (Lipinski definition) is 4. The van der Waals surface area contributed by atoms with Crippen molar-refractivity contribution in [2.45, 2.75) is 186 Å².